The predicted molar refractivity (Wildman–Crippen MR) is 105 cm³/mol. The molecule has 5 atom stereocenters. The van der Waals surface area contributed by atoms with Gasteiger partial charge < -0.3 is 30.3 Å². The maximum absolute atomic E-state index is 12.6. The van der Waals surface area contributed by atoms with Crippen molar-refractivity contribution < 1.29 is 60.5 Å². The van der Waals surface area contributed by atoms with Gasteiger partial charge in [0, 0.05) is 13.5 Å². The highest BCUT2D eigenvalue weighted by Crippen LogP contribution is 2.68. The van der Waals surface area contributed by atoms with Crippen LogP contribution < -0.4 is 15.9 Å². The first-order valence-corrected chi connectivity index (χ1v) is 13.4. The van der Waals surface area contributed by atoms with Gasteiger partial charge in [-0.25, -0.2) is 18.3 Å². The van der Waals surface area contributed by atoms with Gasteiger partial charge in [0.25, 0.3) is 11.5 Å². The topological polar surface area (TPSA) is 259 Å². The quantitative estimate of drug-likeness (QED) is 0.170. The third-order valence-corrected chi connectivity index (χ3v) is 8.47. The first kappa shape index (κ1) is 26.1. The van der Waals surface area contributed by atoms with Gasteiger partial charge in [-0.2, -0.15) is 8.62 Å². The average Bonchev–Trinajstić information content (AvgIpc) is 3.19. The summed E-state index contributed by atoms with van der Waals surface area (Å²) in [6.45, 7) is 2.13. The standard InChI is InChI=1S/C12H20N5O13P3/c1-3-16-5-17(9-8(16)10(19)15-12(13)14-9)7-4-6(18)11(27-7)28-33(25,26-2)30-32(23,24)29-31(20,21)22/h5-7,11,18H,3-4H2,1-2H3,(H5-,13,14,15,19,20,21,22,23,24)/p+1/t6-,7+,11+,33?/m0/s1. The Hall–Kier alpha value is -1.52. The summed E-state index contributed by atoms with van der Waals surface area (Å²) in [5.74, 6) is -0.178. The van der Waals surface area contributed by atoms with E-state index in [1.165, 1.54) is 15.5 Å². The van der Waals surface area contributed by atoms with Crippen molar-refractivity contribution in [3.63, 3.8) is 0 Å². The van der Waals surface area contributed by atoms with E-state index in [1.54, 1.807) is 6.92 Å². The number of ether oxygens (including phenoxy) is 1. The lowest BCUT2D eigenvalue weighted by Gasteiger charge is -2.22. The molecular weight excluding hydrogens is 515 g/mol. The summed E-state index contributed by atoms with van der Waals surface area (Å²) in [5, 5.41) is 10.3. The number of H-pyrrole nitrogens is 1. The number of aliphatic hydroxyl groups excluding tert-OH is 1. The number of fused-ring (bicyclic) bond motifs is 1. The fourth-order valence-corrected chi connectivity index (χ4v) is 6.44. The number of imidazole rings is 1. The average molecular weight is 536 g/mol. The Morgan fingerprint density at radius 2 is 2.00 bits per heavy atom. The fraction of sp³-hybridized carbons (Fsp3) is 0.583. The number of phosphoric acid groups is 3. The molecule has 0 amide bonds. The molecule has 0 bridgehead atoms. The van der Waals surface area contributed by atoms with Crippen molar-refractivity contribution in [3.05, 3.63) is 16.7 Å². The van der Waals surface area contributed by atoms with Crippen molar-refractivity contribution in [1.29, 1.82) is 0 Å². The summed E-state index contributed by atoms with van der Waals surface area (Å²) in [7, 11) is -15.5. The lowest BCUT2D eigenvalue weighted by molar-refractivity contribution is -0.740. The summed E-state index contributed by atoms with van der Waals surface area (Å²) in [6, 6.07) is 0. The molecule has 0 spiro atoms. The van der Waals surface area contributed by atoms with Crippen LogP contribution in [-0.4, -0.2) is 53.8 Å². The first-order valence-electron chi connectivity index (χ1n) is 8.95. The van der Waals surface area contributed by atoms with Crippen LogP contribution in [-0.2, 0) is 42.6 Å². The van der Waals surface area contributed by atoms with Gasteiger partial charge in [-0.15, -0.1) is 0 Å². The highest BCUT2D eigenvalue weighted by atomic mass is 31.3. The summed E-state index contributed by atoms with van der Waals surface area (Å²) >= 11 is 0. The van der Waals surface area contributed by atoms with Gasteiger partial charge in [-0.3, -0.25) is 23.4 Å². The van der Waals surface area contributed by atoms with E-state index >= 15 is 0 Å². The lowest BCUT2D eigenvalue weighted by atomic mass is 10.3. The molecule has 18 nitrogen and oxygen atoms in total. The molecule has 1 fully saturated rings. The SMILES string of the molecule is CCn1c[n+]([C@H]2C[C@H](O)[C@@H](OP(=O)(OC)OP(=O)(O)OP(=O)(O)O)O2)c2nc(N)[nH]c(=O)c21. The molecule has 2 unspecified atom stereocenters. The molecule has 0 saturated carbocycles. The number of hydrogen-bond acceptors (Lipinski definition) is 12. The minimum atomic E-state index is -5.63. The molecule has 21 heteroatoms. The minimum absolute atomic E-state index is 0.108. The van der Waals surface area contributed by atoms with Crippen molar-refractivity contribution in [2.24, 2.45) is 0 Å². The maximum Gasteiger partial charge on any atom is 0.490 e. The highest BCUT2D eigenvalue weighted by Gasteiger charge is 2.48. The second-order valence-electron chi connectivity index (χ2n) is 6.55. The monoisotopic (exact) mass is 536 g/mol. The normalized spacial score (nSPS) is 25.2. The van der Waals surface area contributed by atoms with Crippen LogP contribution in [0, 0.1) is 0 Å². The van der Waals surface area contributed by atoms with Gasteiger partial charge in [-0.1, -0.05) is 4.98 Å². The number of phosphoric ester groups is 1. The molecule has 186 valence electrons. The highest BCUT2D eigenvalue weighted by molar-refractivity contribution is 7.66. The Morgan fingerprint density at radius 1 is 1.33 bits per heavy atom. The number of aliphatic hydroxyl groups is 1. The molecule has 33 heavy (non-hydrogen) atoms. The number of aromatic nitrogens is 4. The molecule has 1 aliphatic rings. The minimum Gasteiger partial charge on any atom is -0.388 e. The molecule has 1 aliphatic heterocycles. The van der Waals surface area contributed by atoms with Gasteiger partial charge in [0.05, 0.1) is 6.54 Å². The fourth-order valence-electron chi connectivity index (χ4n) is 3.02. The van der Waals surface area contributed by atoms with Crippen LogP contribution in [0.2, 0.25) is 0 Å². The Morgan fingerprint density at radius 3 is 2.58 bits per heavy atom. The van der Waals surface area contributed by atoms with Crippen LogP contribution >= 0.6 is 23.5 Å². The van der Waals surface area contributed by atoms with E-state index in [1.807, 2.05) is 0 Å². The smallest absolute Gasteiger partial charge is 0.388 e. The van der Waals surface area contributed by atoms with Crippen LogP contribution in [0.3, 0.4) is 0 Å². The van der Waals surface area contributed by atoms with Crippen molar-refractivity contribution >= 4 is 40.6 Å². The number of nitrogens with zero attached hydrogens (tertiary/aromatic N) is 3. The van der Waals surface area contributed by atoms with Gasteiger partial charge in [0.2, 0.25) is 5.52 Å². The zero-order valence-corrected chi connectivity index (χ0v) is 19.6. The van der Waals surface area contributed by atoms with Crippen molar-refractivity contribution in [2.75, 3.05) is 12.8 Å². The van der Waals surface area contributed by atoms with Crippen LogP contribution in [0.15, 0.2) is 11.1 Å². The van der Waals surface area contributed by atoms with Crippen molar-refractivity contribution in [1.82, 2.24) is 14.5 Å². The van der Waals surface area contributed by atoms with E-state index in [0.29, 0.717) is 6.54 Å². The Kier molecular flexibility index (Phi) is 7.32. The Labute approximate surface area is 184 Å². The molecule has 2 aromatic rings. The van der Waals surface area contributed by atoms with E-state index in [4.69, 9.17) is 24.8 Å². The molecule has 2 aromatic heterocycles. The van der Waals surface area contributed by atoms with Crippen molar-refractivity contribution in [3.8, 4) is 0 Å². The van der Waals surface area contributed by atoms with E-state index in [0.717, 1.165) is 7.11 Å². The molecule has 3 heterocycles. The first-order chi connectivity index (χ1) is 15.2. The van der Waals surface area contributed by atoms with Gasteiger partial charge in [-0.05, 0) is 6.92 Å². The van der Waals surface area contributed by atoms with Gasteiger partial charge in [0.1, 0.15) is 6.10 Å². The third-order valence-electron chi connectivity index (χ3n) is 4.26. The molecule has 3 rings (SSSR count). The molecular formula is C12H21N5O13P3+. The lowest BCUT2D eigenvalue weighted by Crippen LogP contribution is -2.39. The van der Waals surface area contributed by atoms with Crippen molar-refractivity contribution in [2.45, 2.75) is 38.5 Å². The van der Waals surface area contributed by atoms with E-state index in [-0.39, 0.29) is 23.5 Å². The number of nitrogen functional groups attached to an aromatic ring is 1. The van der Waals surface area contributed by atoms with Crippen LogP contribution in [0.4, 0.5) is 5.95 Å². The zero-order chi connectivity index (χ0) is 24.8. The summed E-state index contributed by atoms with van der Waals surface area (Å²) < 4.78 is 60.5. The van der Waals surface area contributed by atoms with Crippen LogP contribution in [0.25, 0.3) is 11.2 Å². The summed E-state index contributed by atoms with van der Waals surface area (Å²) in [6.07, 6.45) is -3.01. The third kappa shape index (κ3) is 5.95. The Bertz CT molecular complexity index is 1240. The largest absolute Gasteiger partial charge is 0.490 e. The number of nitrogens with one attached hydrogen (secondary N) is 1. The Balaban J connectivity index is 1.85. The van der Waals surface area contributed by atoms with E-state index < -0.39 is 47.6 Å². The van der Waals surface area contributed by atoms with E-state index in [2.05, 4.69) is 23.1 Å². The molecule has 0 radical (unpaired) electrons. The number of aromatic amines is 1. The molecule has 0 aromatic carbocycles. The van der Waals surface area contributed by atoms with E-state index in [9.17, 15) is 28.5 Å². The zero-order valence-electron chi connectivity index (χ0n) is 16.9. The second kappa shape index (κ2) is 9.26. The van der Waals surface area contributed by atoms with Crippen LogP contribution in [0.5, 0.6) is 0 Å². The van der Waals surface area contributed by atoms with Gasteiger partial charge in [0.15, 0.2) is 18.8 Å². The number of anilines is 1. The number of hydrogen-bond donors (Lipinski definition) is 6. The summed E-state index contributed by atoms with van der Waals surface area (Å²) in [5.41, 5.74) is 5.36. The molecule has 7 N–H and O–H groups in total. The second-order valence-corrected chi connectivity index (χ2v) is 11.2. The number of aryl methyl sites for hydroxylation is 1. The molecule has 0 aliphatic carbocycles. The predicted octanol–water partition coefficient (Wildman–Crippen LogP) is -0.783. The summed E-state index contributed by atoms with van der Waals surface area (Å²) in [4.78, 5) is 45.4. The van der Waals surface area contributed by atoms with Crippen LogP contribution in [0.1, 0.15) is 19.6 Å². The van der Waals surface area contributed by atoms with Gasteiger partial charge >= 0.3 is 29.1 Å². The number of rotatable bonds is 9. The number of nitrogens with two attached hydrogens (primary N) is 1. The molecule has 1 saturated heterocycles. The maximum atomic E-state index is 12.6.